The van der Waals surface area contributed by atoms with Crippen LogP contribution in [-0.4, -0.2) is 23.9 Å². The van der Waals surface area contributed by atoms with Crippen LogP contribution in [0.5, 0.6) is 0 Å². The molecule has 104 valence electrons. The molecule has 0 saturated heterocycles. The molecule has 0 spiro atoms. The van der Waals surface area contributed by atoms with E-state index in [2.05, 4.69) is 0 Å². The number of hydrogen-bond donors (Lipinski definition) is 0. The quantitative estimate of drug-likeness (QED) is 0.421. The summed E-state index contributed by atoms with van der Waals surface area (Å²) >= 11 is 0. The van der Waals surface area contributed by atoms with Crippen LogP contribution in [0.25, 0.3) is 0 Å². The van der Waals surface area contributed by atoms with Crippen molar-refractivity contribution in [3.05, 3.63) is 0 Å². The van der Waals surface area contributed by atoms with Crippen molar-refractivity contribution in [3.63, 3.8) is 0 Å². The summed E-state index contributed by atoms with van der Waals surface area (Å²) in [7, 11) is 0. The first-order valence-electron chi connectivity index (χ1n) is 5.05. The van der Waals surface area contributed by atoms with Crippen molar-refractivity contribution in [1.29, 1.82) is 0 Å². The molecule has 9 heteroatoms. The molecule has 0 fully saturated rings. The molecule has 0 radical (unpaired) electrons. The minimum absolute atomic E-state index is 0. The molecule has 0 aliphatic heterocycles. The molecule has 0 rings (SSSR count). The second kappa shape index (κ2) is 14.8. The predicted molar refractivity (Wildman–Crippen MR) is 47.7 cm³/mol. The van der Waals surface area contributed by atoms with Gasteiger partial charge in [-0.3, -0.25) is 0 Å². The van der Waals surface area contributed by atoms with Crippen LogP contribution in [0, 0.1) is 0 Å². The molecular weight excluding hydrogens is 339 g/mol. The Bertz CT molecular complexity index is 244. The molecule has 0 amide bonds. The van der Waals surface area contributed by atoms with Crippen LogP contribution in [0.3, 0.4) is 0 Å². The average molecular weight is 351 g/mol. The SMILES string of the molecule is O=C([O-])CCCC(=O)[O-].O=C([O-])CCCC(=O)[O-].[Zr+4]. The maximum atomic E-state index is 9.66. The van der Waals surface area contributed by atoms with Crippen molar-refractivity contribution in [1.82, 2.24) is 0 Å². The van der Waals surface area contributed by atoms with E-state index in [4.69, 9.17) is 0 Å². The predicted octanol–water partition coefficient (Wildman–Crippen LogP) is -4.69. The zero-order valence-electron chi connectivity index (χ0n) is 10.0. The number of carboxylic acid groups (broad SMARTS) is 4. The van der Waals surface area contributed by atoms with Gasteiger partial charge < -0.3 is 39.6 Å². The molecule has 0 atom stereocenters. The maximum absolute atomic E-state index is 9.66. The van der Waals surface area contributed by atoms with Gasteiger partial charge in [0, 0.05) is 23.9 Å². The van der Waals surface area contributed by atoms with Gasteiger partial charge in [0.25, 0.3) is 0 Å². The Kier molecular flexibility index (Phi) is 17.9. The fourth-order valence-corrected chi connectivity index (χ4v) is 0.754. The second-order valence-electron chi connectivity index (χ2n) is 3.20. The van der Waals surface area contributed by atoms with Gasteiger partial charge in [-0.1, -0.05) is 0 Å². The van der Waals surface area contributed by atoms with Gasteiger partial charge in [0.05, 0.1) is 0 Å². The number of aliphatic carboxylic acids is 4. The summed E-state index contributed by atoms with van der Waals surface area (Å²) < 4.78 is 0. The minimum atomic E-state index is -1.23. The van der Waals surface area contributed by atoms with E-state index in [1.807, 2.05) is 0 Å². The summed E-state index contributed by atoms with van der Waals surface area (Å²) in [5, 5.41) is 38.6. The van der Waals surface area contributed by atoms with Gasteiger partial charge in [-0.05, 0) is 38.5 Å². The molecule has 0 bridgehead atoms. The maximum Gasteiger partial charge on any atom is 4.00 e. The summed E-state index contributed by atoms with van der Waals surface area (Å²) in [5.41, 5.74) is 0. The Morgan fingerprint density at radius 3 is 0.789 bits per heavy atom. The van der Waals surface area contributed by atoms with E-state index in [9.17, 15) is 39.6 Å². The fourth-order valence-electron chi connectivity index (χ4n) is 0.754. The Labute approximate surface area is 128 Å². The molecule has 0 unspecified atom stereocenters. The van der Waals surface area contributed by atoms with Crippen molar-refractivity contribution in [3.8, 4) is 0 Å². The summed E-state index contributed by atoms with van der Waals surface area (Å²) in [6, 6.07) is 0. The van der Waals surface area contributed by atoms with Crippen LogP contribution in [0.1, 0.15) is 38.5 Å². The Morgan fingerprint density at radius 2 is 0.684 bits per heavy atom. The molecule has 0 heterocycles. The summed E-state index contributed by atoms with van der Waals surface area (Å²) in [5.74, 6) is -4.90. The van der Waals surface area contributed by atoms with Crippen LogP contribution in [0.4, 0.5) is 0 Å². The normalized spacial score (nSPS) is 8.42. The standard InChI is InChI=1S/2C5H8O4.Zr/c2*6-4(7)2-1-3-5(8)9;/h2*1-3H2,(H,6,7)(H,8,9);/q;;+4/p-4. The third kappa shape index (κ3) is 31.5. The number of carboxylic acids is 4. The molecule has 0 N–H and O–H groups in total. The van der Waals surface area contributed by atoms with E-state index >= 15 is 0 Å². The van der Waals surface area contributed by atoms with Gasteiger partial charge in [-0.25, -0.2) is 0 Å². The molecule has 0 aromatic carbocycles. The van der Waals surface area contributed by atoms with Gasteiger partial charge in [-0.2, -0.15) is 0 Å². The first-order chi connectivity index (χ1) is 8.25. The number of carbonyl (C=O) groups is 4. The third-order valence-electron chi connectivity index (χ3n) is 1.52. The van der Waals surface area contributed by atoms with E-state index < -0.39 is 23.9 Å². The fraction of sp³-hybridized carbons (Fsp3) is 0.600. The number of hydrogen-bond acceptors (Lipinski definition) is 8. The molecule has 8 nitrogen and oxygen atoms in total. The van der Waals surface area contributed by atoms with Crippen molar-refractivity contribution in [2.75, 3.05) is 0 Å². The third-order valence-corrected chi connectivity index (χ3v) is 1.52. The molecular formula is C10H12O8Zr. The number of rotatable bonds is 8. The van der Waals surface area contributed by atoms with Gasteiger partial charge >= 0.3 is 26.2 Å². The van der Waals surface area contributed by atoms with Crippen LogP contribution in [-0.2, 0) is 45.4 Å². The van der Waals surface area contributed by atoms with E-state index in [1.165, 1.54) is 0 Å². The first kappa shape index (κ1) is 22.9. The van der Waals surface area contributed by atoms with Gasteiger partial charge in [0.15, 0.2) is 0 Å². The summed E-state index contributed by atoms with van der Waals surface area (Å²) in [6.07, 6.45) is -0.681. The monoisotopic (exact) mass is 350 g/mol. The smallest absolute Gasteiger partial charge is 0.550 e. The van der Waals surface area contributed by atoms with Crippen LogP contribution in [0.2, 0.25) is 0 Å². The topological polar surface area (TPSA) is 161 Å². The molecule has 0 aromatic heterocycles. The van der Waals surface area contributed by atoms with Crippen LogP contribution >= 0.6 is 0 Å². The van der Waals surface area contributed by atoms with E-state index in [0.717, 1.165) is 0 Å². The van der Waals surface area contributed by atoms with Crippen molar-refractivity contribution < 1.29 is 65.8 Å². The van der Waals surface area contributed by atoms with E-state index in [-0.39, 0.29) is 64.7 Å². The van der Waals surface area contributed by atoms with Crippen LogP contribution < -0.4 is 20.4 Å². The Morgan fingerprint density at radius 1 is 0.526 bits per heavy atom. The summed E-state index contributed by atoms with van der Waals surface area (Å²) in [6.45, 7) is 0. The van der Waals surface area contributed by atoms with Gasteiger partial charge in [0.1, 0.15) is 0 Å². The Hall–Kier alpha value is -1.24. The average Bonchev–Trinajstić information content (AvgIpc) is 2.15. The molecule has 0 aliphatic carbocycles. The first-order valence-corrected chi connectivity index (χ1v) is 5.05. The van der Waals surface area contributed by atoms with Crippen molar-refractivity contribution in [2.45, 2.75) is 38.5 Å². The second-order valence-corrected chi connectivity index (χ2v) is 3.20. The molecule has 19 heavy (non-hydrogen) atoms. The van der Waals surface area contributed by atoms with Crippen molar-refractivity contribution >= 4 is 23.9 Å². The minimum Gasteiger partial charge on any atom is -0.550 e. The molecule has 0 aromatic rings. The largest absolute Gasteiger partial charge is 4.00 e. The van der Waals surface area contributed by atoms with E-state index in [1.54, 1.807) is 0 Å². The molecule has 0 saturated carbocycles. The zero-order valence-corrected chi connectivity index (χ0v) is 12.5. The van der Waals surface area contributed by atoms with Crippen molar-refractivity contribution in [2.24, 2.45) is 0 Å². The number of carbonyl (C=O) groups excluding carboxylic acids is 4. The summed E-state index contributed by atoms with van der Waals surface area (Å²) in [4.78, 5) is 38.6. The molecule has 0 aliphatic rings. The zero-order chi connectivity index (χ0) is 14.6. The van der Waals surface area contributed by atoms with Gasteiger partial charge in [0.2, 0.25) is 0 Å². The Balaban J connectivity index is -0.000000256. The van der Waals surface area contributed by atoms with E-state index in [0.29, 0.717) is 0 Å². The van der Waals surface area contributed by atoms with Gasteiger partial charge in [-0.15, -0.1) is 0 Å². The van der Waals surface area contributed by atoms with Crippen LogP contribution in [0.15, 0.2) is 0 Å².